The number of piperidine rings is 1. The Morgan fingerprint density at radius 3 is 2.63 bits per heavy atom. The Balaban J connectivity index is 0.00000261. The first-order chi connectivity index (χ1) is 12.4. The quantitative estimate of drug-likeness (QED) is 0.801. The van der Waals surface area contributed by atoms with Gasteiger partial charge in [0.05, 0.1) is 4.90 Å². The predicted octanol–water partition coefficient (Wildman–Crippen LogP) is 2.42. The largest absolute Gasteiger partial charge is 0.314 e. The van der Waals surface area contributed by atoms with Crippen LogP contribution in [0.4, 0.5) is 5.69 Å². The molecule has 0 radical (unpaired) electrons. The van der Waals surface area contributed by atoms with Crippen molar-refractivity contribution in [3.05, 3.63) is 23.8 Å². The molecule has 1 fully saturated rings. The molecule has 1 amide bonds. The van der Waals surface area contributed by atoms with E-state index in [0.29, 0.717) is 37.0 Å². The van der Waals surface area contributed by atoms with E-state index in [9.17, 15) is 13.2 Å². The van der Waals surface area contributed by atoms with Gasteiger partial charge < -0.3 is 10.2 Å². The van der Waals surface area contributed by atoms with E-state index in [1.807, 2.05) is 18.7 Å². The van der Waals surface area contributed by atoms with Gasteiger partial charge in [0, 0.05) is 37.3 Å². The number of fused-ring (bicyclic) bond motifs is 1. The van der Waals surface area contributed by atoms with Crippen LogP contribution in [-0.4, -0.2) is 50.9 Å². The summed E-state index contributed by atoms with van der Waals surface area (Å²) >= 11 is 0. The normalized spacial score (nSPS) is 22.4. The number of hydrogen-bond acceptors (Lipinski definition) is 4. The third-order valence-electron chi connectivity index (χ3n) is 5.53. The number of anilines is 1. The molecule has 2 heterocycles. The zero-order valence-corrected chi connectivity index (χ0v) is 17.9. The van der Waals surface area contributed by atoms with Crippen molar-refractivity contribution < 1.29 is 13.2 Å². The minimum atomic E-state index is -3.47. The fourth-order valence-corrected chi connectivity index (χ4v) is 5.57. The second-order valence-electron chi connectivity index (χ2n) is 7.20. The molecule has 0 bridgehead atoms. The topological polar surface area (TPSA) is 69.7 Å². The van der Waals surface area contributed by atoms with Gasteiger partial charge in [0.2, 0.25) is 15.9 Å². The van der Waals surface area contributed by atoms with Crippen LogP contribution in [0.1, 0.15) is 39.2 Å². The second-order valence-corrected chi connectivity index (χ2v) is 9.13. The number of carbonyl (C=O) groups excluding carboxylic acids is 1. The Hall–Kier alpha value is -1.15. The van der Waals surface area contributed by atoms with E-state index in [4.69, 9.17) is 0 Å². The van der Waals surface area contributed by atoms with E-state index in [2.05, 4.69) is 12.2 Å². The van der Waals surface area contributed by atoms with Crippen molar-refractivity contribution in [2.45, 2.75) is 51.0 Å². The smallest absolute Gasteiger partial charge is 0.243 e. The molecule has 6 nitrogen and oxygen atoms in total. The molecule has 2 aliphatic heterocycles. The molecule has 0 spiro atoms. The Labute approximate surface area is 168 Å². The highest BCUT2D eigenvalue weighted by Gasteiger charge is 2.33. The summed E-state index contributed by atoms with van der Waals surface area (Å²) in [4.78, 5) is 15.1. The summed E-state index contributed by atoms with van der Waals surface area (Å²) in [6.45, 7) is 8.22. The van der Waals surface area contributed by atoms with Crippen LogP contribution in [0.2, 0.25) is 0 Å². The van der Waals surface area contributed by atoms with Crippen LogP contribution in [0, 0.1) is 5.92 Å². The fourth-order valence-electron chi connectivity index (χ4n) is 4.06. The van der Waals surface area contributed by atoms with Gasteiger partial charge in [-0.2, -0.15) is 4.31 Å². The maximum absolute atomic E-state index is 13.0. The van der Waals surface area contributed by atoms with Crippen molar-refractivity contribution in [3.63, 3.8) is 0 Å². The van der Waals surface area contributed by atoms with Gasteiger partial charge in [-0.05, 0) is 56.5 Å². The first-order valence-corrected chi connectivity index (χ1v) is 11.0. The first-order valence-electron chi connectivity index (χ1n) is 9.56. The highest BCUT2D eigenvalue weighted by molar-refractivity contribution is 7.89. The summed E-state index contributed by atoms with van der Waals surface area (Å²) < 4.78 is 26.9. The number of sulfonamides is 1. The molecule has 2 aliphatic rings. The minimum Gasteiger partial charge on any atom is -0.314 e. The lowest BCUT2D eigenvalue weighted by molar-refractivity contribution is -0.123. The summed E-state index contributed by atoms with van der Waals surface area (Å²) in [5, 5.41) is 3.38. The second kappa shape index (κ2) is 8.90. The lowest BCUT2D eigenvalue weighted by Gasteiger charge is -2.30. The number of carbonyl (C=O) groups is 1. The highest BCUT2D eigenvalue weighted by Crippen LogP contribution is 2.33. The zero-order valence-electron chi connectivity index (χ0n) is 16.3. The van der Waals surface area contributed by atoms with Crippen LogP contribution in [0.5, 0.6) is 0 Å². The Morgan fingerprint density at radius 2 is 2.00 bits per heavy atom. The van der Waals surface area contributed by atoms with Crippen molar-refractivity contribution in [1.82, 2.24) is 9.62 Å². The van der Waals surface area contributed by atoms with E-state index in [-0.39, 0.29) is 24.2 Å². The molecular weight excluding hydrogens is 386 g/mol. The molecule has 3 rings (SSSR count). The summed E-state index contributed by atoms with van der Waals surface area (Å²) in [5.41, 5.74) is 1.83. The number of hydrogen-bond donors (Lipinski definition) is 1. The summed E-state index contributed by atoms with van der Waals surface area (Å²) in [6, 6.07) is 5.56. The maximum Gasteiger partial charge on any atom is 0.243 e. The van der Waals surface area contributed by atoms with Crippen molar-refractivity contribution in [2.24, 2.45) is 5.92 Å². The van der Waals surface area contributed by atoms with Crippen LogP contribution in [0.3, 0.4) is 0 Å². The average molecular weight is 416 g/mol. The standard InChI is InChI=1S/C19H29N3O3S.ClH/c1-4-21(5-2)26(24,25)17-6-7-18-15(13-17)9-11-22(18)19(23)16-8-10-20-14(3)12-16;/h6-7,13-14,16,20H,4-5,8-12H2,1-3H3;1H/t14-,16-;/m0./s1. The van der Waals surface area contributed by atoms with Crippen LogP contribution >= 0.6 is 12.4 Å². The molecule has 1 aromatic rings. The van der Waals surface area contributed by atoms with E-state index >= 15 is 0 Å². The van der Waals surface area contributed by atoms with E-state index < -0.39 is 10.0 Å². The number of halogens is 1. The molecule has 27 heavy (non-hydrogen) atoms. The van der Waals surface area contributed by atoms with E-state index in [0.717, 1.165) is 30.6 Å². The van der Waals surface area contributed by atoms with Crippen LogP contribution in [0.15, 0.2) is 23.1 Å². The summed E-state index contributed by atoms with van der Waals surface area (Å²) in [7, 11) is -3.47. The predicted molar refractivity (Wildman–Crippen MR) is 110 cm³/mol. The Morgan fingerprint density at radius 1 is 1.30 bits per heavy atom. The molecule has 0 aromatic heterocycles. The number of nitrogens with one attached hydrogen (secondary N) is 1. The van der Waals surface area contributed by atoms with Crippen LogP contribution in [0.25, 0.3) is 0 Å². The van der Waals surface area contributed by atoms with E-state index in [1.165, 1.54) is 4.31 Å². The van der Waals surface area contributed by atoms with Gasteiger partial charge in [0.1, 0.15) is 0 Å². The molecule has 0 aliphatic carbocycles. The number of amides is 1. The van der Waals surface area contributed by atoms with Crippen molar-refractivity contribution in [3.8, 4) is 0 Å². The van der Waals surface area contributed by atoms with Gasteiger partial charge in [0.15, 0.2) is 0 Å². The molecule has 2 atom stereocenters. The van der Waals surface area contributed by atoms with Gasteiger partial charge >= 0.3 is 0 Å². The zero-order chi connectivity index (χ0) is 18.9. The third-order valence-corrected chi connectivity index (χ3v) is 7.57. The average Bonchev–Trinajstić information content (AvgIpc) is 3.05. The van der Waals surface area contributed by atoms with E-state index in [1.54, 1.807) is 18.2 Å². The number of benzene rings is 1. The Bertz CT molecular complexity index is 780. The van der Waals surface area contributed by atoms with Gasteiger partial charge in [-0.25, -0.2) is 8.42 Å². The monoisotopic (exact) mass is 415 g/mol. The number of rotatable bonds is 5. The third kappa shape index (κ3) is 4.31. The minimum absolute atomic E-state index is 0. The lowest BCUT2D eigenvalue weighted by Crippen LogP contribution is -2.43. The first kappa shape index (κ1) is 22.1. The van der Waals surface area contributed by atoms with Gasteiger partial charge in [0.25, 0.3) is 0 Å². The van der Waals surface area contributed by atoms with Crippen molar-refractivity contribution in [2.75, 3.05) is 31.1 Å². The van der Waals surface area contributed by atoms with Crippen molar-refractivity contribution >= 4 is 34.0 Å². The lowest BCUT2D eigenvalue weighted by atomic mass is 9.92. The highest BCUT2D eigenvalue weighted by atomic mass is 35.5. The molecule has 1 saturated heterocycles. The fraction of sp³-hybridized carbons (Fsp3) is 0.632. The van der Waals surface area contributed by atoms with Crippen LogP contribution in [-0.2, 0) is 21.2 Å². The SMILES string of the molecule is CCN(CC)S(=O)(=O)c1ccc2c(c1)CCN2C(=O)[C@H]1CCN[C@@H](C)C1.Cl. The molecule has 0 saturated carbocycles. The van der Waals surface area contributed by atoms with Gasteiger partial charge in [-0.15, -0.1) is 12.4 Å². The van der Waals surface area contributed by atoms with Gasteiger partial charge in [-0.3, -0.25) is 4.79 Å². The van der Waals surface area contributed by atoms with Crippen LogP contribution < -0.4 is 10.2 Å². The summed E-state index contributed by atoms with van der Waals surface area (Å²) in [6.07, 6.45) is 2.44. The van der Waals surface area contributed by atoms with Crippen molar-refractivity contribution in [1.29, 1.82) is 0 Å². The molecule has 1 aromatic carbocycles. The molecule has 0 unspecified atom stereocenters. The molecular formula is C19H30ClN3O3S. The maximum atomic E-state index is 13.0. The Kier molecular flexibility index (Phi) is 7.30. The number of nitrogens with zero attached hydrogens (tertiary/aromatic N) is 2. The molecule has 152 valence electrons. The van der Waals surface area contributed by atoms with Gasteiger partial charge in [-0.1, -0.05) is 13.8 Å². The molecule has 1 N–H and O–H groups in total. The molecule has 8 heteroatoms. The summed E-state index contributed by atoms with van der Waals surface area (Å²) in [5.74, 6) is 0.229.